The summed E-state index contributed by atoms with van der Waals surface area (Å²) < 4.78 is 10.6. The van der Waals surface area contributed by atoms with Gasteiger partial charge in [0.2, 0.25) is 0 Å². The Labute approximate surface area is 123 Å². The van der Waals surface area contributed by atoms with Crippen LogP contribution in [0.15, 0.2) is 29.3 Å². The second-order valence-corrected chi connectivity index (χ2v) is 4.83. The maximum atomic E-state index is 11.7. The molecule has 20 heavy (non-hydrogen) atoms. The van der Waals surface area contributed by atoms with Crippen LogP contribution in [0.5, 0.6) is 5.75 Å². The SMILES string of the molecule is CCOC(=O)C(C)(C)Oc1ccc(N=C(N)CCl)cc1. The summed E-state index contributed by atoms with van der Waals surface area (Å²) in [5.41, 5.74) is 5.17. The molecular weight excluding hydrogens is 280 g/mol. The molecule has 1 rings (SSSR count). The van der Waals surface area contributed by atoms with E-state index >= 15 is 0 Å². The lowest BCUT2D eigenvalue weighted by molar-refractivity contribution is -0.158. The van der Waals surface area contributed by atoms with E-state index in [1.165, 1.54) is 0 Å². The molecule has 0 aromatic heterocycles. The van der Waals surface area contributed by atoms with Gasteiger partial charge in [0.1, 0.15) is 11.6 Å². The van der Waals surface area contributed by atoms with Crippen LogP contribution in [0.1, 0.15) is 20.8 Å². The zero-order valence-electron chi connectivity index (χ0n) is 11.9. The predicted octanol–water partition coefficient (Wildman–Crippen LogP) is 2.63. The van der Waals surface area contributed by atoms with E-state index in [0.717, 1.165) is 0 Å². The normalized spacial score (nSPS) is 12.1. The lowest BCUT2D eigenvalue weighted by atomic mass is 10.1. The number of rotatable bonds is 6. The number of carbonyl (C=O) groups excluding carboxylic acids is 1. The summed E-state index contributed by atoms with van der Waals surface area (Å²) in [7, 11) is 0. The van der Waals surface area contributed by atoms with Gasteiger partial charge in [-0.3, -0.25) is 0 Å². The van der Waals surface area contributed by atoms with Crippen LogP contribution < -0.4 is 10.5 Å². The number of aliphatic imine (C=N–C) groups is 1. The molecule has 0 aliphatic rings. The third kappa shape index (κ3) is 4.74. The molecular formula is C14H19ClN2O3. The van der Waals surface area contributed by atoms with Crippen LogP contribution in [-0.4, -0.2) is 29.9 Å². The number of nitrogens with two attached hydrogens (primary N) is 1. The van der Waals surface area contributed by atoms with Gasteiger partial charge in [-0.05, 0) is 45.0 Å². The van der Waals surface area contributed by atoms with Gasteiger partial charge in [0.15, 0.2) is 5.60 Å². The molecule has 1 aromatic carbocycles. The molecule has 110 valence electrons. The first kappa shape index (κ1) is 16.3. The number of hydrogen-bond donors (Lipinski definition) is 1. The predicted molar refractivity (Wildman–Crippen MR) is 79.8 cm³/mol. The number of esters is 1. The van der Waals surface area contributed by atoms with Crippen molar-refractivity contribution in [2.24, 2.45) is 10.7 Å². The molecule has 0 saturated carbocycles. The molecule has 0 heterocycles. The molecule has 0 spiro atoms. The average Bonchev–Trinajstić information content (AvgIpc) is 2.40. The average molecular weight is 299 g/mol. The summed E-state index contributed by atoms with van der Waals surface area (Å²) >= 11 is 5.55. The van der Waals surface area contributed by atoms with Gasteiger partial charge in [-0.1, -0.05) is 0 Å². The third-order valence-corrected chi connectivity index (χ3v) is 2.66. The number of hydrogen-bond acceptors (Lipinski definition) is 4. The number of ether oxygens (including phenoxy) is 2. The van der Waals surface area contributed by atoms with E-state index in [1.54, 1.807) is 45.0 Å². The summed E-state index contributed by atoms with van der Waals surface area (Å²) in [4.78, 5) is 15.8. The highest BCUT2D eigenvalue weighted by Gasteiger charge is 2.31. The fourth-order valence-corrected chi connectivity index (χ4v) is 1.49. The van der Waals surface area contributed by atoms with E-state index in [4.69, 9.17) is 26.8 Å². The zero-order valence-corrected chi connectivity index (χ0v) is 12.6. The van der Waals surface area contributed by atoms with Crippen LogP contribution in [0.3, 0.4) is 0 Å². The number of carbonyl (C=O) groups is 1. The maximum Gasteiger partial charge on any atom is 0.349 e. The smallest absolute Gasteiger partial charge is 0.349 e. The van der Waals surface area contributed by atoms with Crippen molar-refractivity contribution < 1.29 is 14.3 Å². The van der Waals surface area contributed by atoms with Crippen molar-refractivity contribution in [3.63, 3.8) is 0 Å². The second kappa shape index (κ2) is 7.14. The molecule has 0 aliphatic carbocycles. The summed E-state index contributed by atoms with van der Waals surface area (Å²) in [6, 6.07) is 6.88. The Morgan fingerprint density at radius 2 is 1.95 bits per heavy atom. The van der Waals surface area contributed by atoms with Crippen LogP contribution in [0.25, 0.3) is 0 Å². The molecule has 1 aromatic rings. The number of alkyl halides is 1. The molecule has 0 fully saturated rings. The lowest BCUT2D eigenvalue weighted by Crippen LogP contribution is -2.39. The Balaban J connectivity index is 2.77. The van der Waals surface area contributed by atoms with Crippen molar-refractivity contribution in [2.75, 3.05) is 12.5 Å². The van der Waals surface area contributed by atoms with Gasteiger partial charge in [0.25, 0.3) is 0 Å². The lowest BCUT2D eigenvalue weighted by Gasteiger charge is -2.24. The van der Waals surface area contributed by atoms with Crippen molar-refractivity contribution >= 4 is 29.1 Å². The number of nitrogens with zero attached hydrogens (tertiary/aromatic N) is 1. The molecule has 6 heteroatoms. The molecule has 0 saturated heterocycles. The molecule has 5 nitrogen and oxygen atoms in total. The van der Waals surface area contributed by atoms with Gasteiger partial charge in [0, 0.05) is 0 Å². The Kier molecular flexibility index (Phi) is 5.82. The number of amidine groups is 1. The minimum absolute atomic E-state index is 0.175. The van der Waals surface area contributed by atoms with Crippen LogP contribution in [0.2, 0.25) is 0 Å². The third-order valence-electron chi connectivity index (χ3n) is 2.39. The summed E-state index contributed by atoms with van der Waals surface area (Å²) in [5, 5.41) is 0. The van der Waals surface area contributed by atoms with E-state index in [9.17, 15) is 4.79 Å². The summed E-state index contributed by atoms with van der Waals surface area (Å²) in [6.45, 7) is 5.38. The minimum Gasteiger partial charge on any atom is -0.476 e. The highest BCUT2D eigenvalue weighted by atomic mass is 35.5. The van der Waals surface area contributed by atoms with E-state index in [0.29, 0.717) is 23.9 Å². The first-order valence-corrected chi connectivity index (χ1v) is 6.77. The van der Waals surface area contributed by atoms with Gasteiger partial charge >= 0.3 is 5.97 Å². The van der Waals surface area contributed by atoms with E-state index in [-0.39, 0.29) is 5.88 Å². The zero-order chi connectivity index (χ0) is 15.2. The van der Waals surface area contributed by atoms with Crippen molar-refractivity contribution in [1.82, 2.24) is 0 Å². The van der Waals surface area contributed by atoms with Crippen LogP contribution in [0.4, 0.5) is 5.69 Å². The number of halogens is 1. The van der Waals surface area contributed by atoms with Gasteiger partial charge in [-0.15, -0.1) is 11.6 Å². The summed E-state index contributed by atoms with van der Waals surface area (Å²) in [6.07, 6.45) is 0. The first-order valence-electron chi connectivity index (χ1n) is 6.24. The first-order chi connectivity index (χ1) is 9.39. The van der Waals surface area contributed by atoms with Gasteiger partial charge in [0.05, 0.1) is 18.2 Å². The fourth-order valence-electron chi connectivity index (χ4n) is 1.43. The van der Waals surface area contributed by atoms with Crippen LogP contribution in [0, 0.1) is 0 Å². The van der Waals surface area contributed by atoms with Crippen molar-refractivity contribution in [3.05, 3.63) is 24.3 Å². The molecule has 0 amide bonds. The topological polar surface area (TPSA) is 73.9 Å². The second-order valence-electron chi connectivity index (χ2n) is 4.56. The van der Waals surface area contributed by atoms with E-state index in [1.807, 2.05) is 0 Å². The van der Waals surface area contributed by atoms with Gasteiger partial charge < -0.3 is 15.2 Å². The molecule has 0 bridgehead atoms. The van der Waals surface area contributed by atoms with E-state index in [2.05, 4.69) is 4.99 Å². The van der Waals surface area contributed by atoms with E-state index < -0.39 is 11.6 Å². The minimum atomic E-state index is -1.05. The Bertz CT molecular complexity index is 484. The molecule has 0 atom stereocenters. The van der Waals surface area contributed by atoms with Crippen molar-refractivity contribution in [2.45, 2.75) is 26.4 Å². The van der Waals surface area contributed by atoms with Crippen LogP contribution in [-0.2, 0) is 9.53 Å². The highest BCUT2D eigenvalue weighted by molar-refractivity contribution is 6.28. The molecule has 0 radical (unpaired) electrons. The number of benzene rings is 1. The summed E-state index contributed by atoms with van der Waals surface area (Å²) in [5.74, 6) is 0.654. The largest absolute Gasteiger partial charge is 0.476 e. The van der Waals surface area contributed by atoms with Crippen LogP contribution >= 0.6 is 11.6 Å². The van der Waals surface area contributed by atoms with Gasteiger partial charge in [-0.25, -0.2) is 9.79 Å². The fraction of sp³-hybridized carbons (Fsp3) is 0.429. The monoisotopic (exact) mass is 298 g/mol. The van der Waals surface area contributed by atoms with Crippen molar-refractivity contribution in [1.29, 1.82) is 0 Å². The quantitative estimate of drug-likeness (QED) is 0.379. The molecule has 0 unspecified atom stereocenters. The Hall–Kier alpha value is -1.75. The Morgan fingerprint density at radius 1 is 1.35 bits per heavy atom. The standard InChI is InChI=1S/C14H19ClN2O3/c1-4-19-13(18)14(2,3)20-11-7-5-10(6-8-11)17-12(16)9-15/h5-8H,4,9H2,1-3H3,(H2,16,17). The maximum absolute atomic E-state index is 11.7. The highest BCUT2D eigenvalue weighted by Crippen LogP contribution is 2.23. The molecule has 0 aliphatic heterocycles. The Morgan fingerprint density at radius 3 is 2.45 bits per heavy atom. The molecule has 2 N–H and O–H groups in total. The van der Waals surface area contributed by atoms with Crippen molar-refractivity contribution in [3.8, 4) is 5.75 Å². The van der Waals surface area contributed by atoms with Gasteiger partial charge in [-0.2, -0.15) is 0 Å².